The van der Waals surface area contributed by atoms with Gasteiger partial charge in [-0.1, -0.05) is 28.1 Å². The van der Waals surface area contributed by atoms with E-state index < -0.39 is 0 Å². The SMILES string of the molecule is CCn1ncnc1CC(=O)c1cccc(Br)c1. The lowest BCUT2D eigenvalue weighted by molar-refractivity contribution is 0.0989. The minimum atomic E-state index is 0.0500. The number of aromatic nitrogens is 3. The van der Waals surface area contributed by atoms with Crippen molar-refractivity contribution in [2.75, 3.05) is 0 Å². The van der Waals surface area contributed by atoms with E-state index in [1.54, 1.807) is 10.7 Å². The number of ketones is 1. The molecule has 0 N–H and O–H groups in total. The first-order chi connectivity index (χ1) is 8.20. The van der Waals surface area contributed by atoms with Crippen LogP contribution >= 0.6 is 15.9 Å². The van der Waals surface area contributed by atoms with Gasteiger partial charge in [-0.3, -0.25) is 4.79 Å². The predicted molar refractivity (Wildman–Crippen MR) is 67.9 cm³/mol. The summed E-state index contributed by atoms with van der Waals surface area (Å²) in [6, 6.07) is 7.36. The predicted octanol–water partition coefficient (Wildman–Crippen LogP) is 2.49. The number of aryl methyl sites for hydroxylation is 1. The van der Waals surface area contributed by atoms with Gasteiger partial charge in [0.05, 0.1) is 6.42 Å². The zero-order chi connectivity index (χ0) is 12.3. The molecule has 88 valence electrons. The first-order valence-corrected chi connectivity index (χ1v) is 6.15. The zero-order valence-electron chi connectivity index (χ0n) is 9.43. The maximum Gasteiger partial charge on any atom is 0.170 e. The highest BCUT2D eigenvalue weighted by atomic mass is 79.9. The van der Waals surface area contributed by atoms with Crippen molar-refractivity contribution in [3.63, 3.8) is 0 Å². The van der Waals surface area contributed by atoms with Crippen molar-refractivity contribution in [2.45, 2.75) is 19.9 Å². The second-order valence-electron chi connectivity index (χ2n) is 3.60. The molecule has 0 amide bonds. The zero-order valence-corrected chi connectivity index (χ0v) is 11.0. The highest BCUT2D eigenvalue weighted by Crippen LogP contribution is 2.13. The molecule has 0 aliphatic carbocycles. The standard InChI is InChI=1S/C12H12BrN3O/c1-2-16-12(14-8-15-16)7-11(17)9-4-3-5-10(13)6-9/h3-6,8H,2,7H2,1H3. The molecule has 1 aromatic carbocycles. The quantitative estimate of drug-likeness (QED) is 0.814. The molecule has 17 heavy (non-hydrogen) atoms. The van der Waals surface area contributed by atoms with E-state index in [4.69, 9.17) is 0 Å². The molecule has 4 nitrogen and oxygen atoms in total. The van der Waals surface area contributed by atoms with Gasteiger partial charge in [-0.15, -0.1) is 0 Å². The number of carbonyl (C=O) groups excluding carboxylic acids is 1. The summed E-state index contributed by atoms with van der Waals surface area (Å²) in [7, 11) is 0. The van der Waals surface area contributed by atoms with Crippen LogP contribution in [-0.2, 0) is 13.0 Å². The van der Waals surface area contributed by atoms with Crippen LogP contribution in [0.5, 0.6) is 0 Å². The van der Waals surface area contributed by atoms with E-state index in [-0.39, 0.29) is 12.2 Å². The summed E-state index contributed by atoms with van der Waals surface area (Å²) in [5.41, 5.74) is 0.685. The minimum Gasteiger partial charge on any atom is -0.294 e. The molecule has 2 aromatic rings. The van der Waals surface area contributed by atoms with Crippen LogP contribution in [0.3, 0.4) is 0 Å². The van der Waals surface area contributed by atoms with Gasteiger partial charge >= 0.3 is 0 Å². The third-order valence-electron chi connectivity index (χ3n) is 2.46. The maximum atomic E-state index is 12.0. The van der Waals surface area contributed by atoms with Gasteiger partial charge in [-0.2, -0.15) is 5.10 Å². The van der Waals surface area contributed by atoms with Gasteiger partial charge in [0.15, 0.2) is 5.78 Å². The lowest BCUT2D eigenvalue weighted by atomic mass is 10.1. The van der Waals surface area contributed by atoms with Gasteiger partial charge in [0.1, 0.15) is 12.2 Å². The molecule has 0 radical (unpaired) electrons. The van der Waals surface area contributed by atoms with E-state index in [9.17, 15) is 4.79 Å². The molecular formula is C12H12BrN3O. The molecule has 5 heteroatoms. The van der Waals surface area contributed by atoms with E-state index in [0.717, 1.165) is 11.0 Å². The van der Waals surface area contributed by atoms with Crippen molar-refractivity contribution in [1.82, 2.24) is 14.8 Å². The third-order valence-corrected chi connectivity index (χ3v) is 2.95. The van der Waals surface area contributed by atoms with Gasteiger partial charge in [0.25, 0.3) is 0 Å². The number of nitrogens with zero attached hydrogens (tertiary/aromatic N) is 3. The monoisotopic (exact) mass is 293 g/mol. The summed E-state index contributed by atoms with van der Waals surface area (Å²) in [5.74, 6) is 0.756. The minimum absolute atomic E-state index is 0.0500. The van der Waals surface area contributed by atoms with Crippen LogP contribution in [0.4, 0.5) is 0 Å². The number of carbonyl (C=O) groups is 1. The Morgan fingerprint density at radius 3 is 3.00 bits per heavy atom. The van der Waals surface area contributed by atoms with Gasteiger partial charge in [-0.25, -0.2) is 9.67 Å². The molecule has 0 aliphatic rings. The van der Waals surface area contributed by atoms with Crippen LogP contribution in [0.1, 0.15) is 23.1 Å². The number of rotatable bonds is 4. The fourth-order valence-corrected chi connectivity index (χ4v) is 2.00. The van der Waals surface area contributed by atoms with Crippen LogP contribution < -0.4 is 0 Å². The fourth-order valence-electron chi connectivity index (χ4n) is 1.60. The Bertz CT molecular complexity index is 536. The van der Waals surface area contributed by atoms with Gasteiger partial charge < -0.3 is 0 Å². The summed E-state index contributed by atoms with van der Waals surface area (Å²) in [6.45, 7) is 2.70. The topological polar surface area (TPSA) is 47.8 Å². The Kier molecular flexibility index (Phi) is 3.68. The summed E-state index contributed by atoms with van der Waals surface area (Å²) in [5, 5.41) is 4.04. The normalized spacial score (nSPS) is 10.5. The summed E-state index contributed by atoms with van der Waals surface area (Å²) >= 11 is 3.35. The average molecular weight is 294 g/mol. The van der Waals surface area contributed by atoms with Crippen molar-refractivity contribution < 1.29 is 4.79 Å². The van der Waals surface area contributed by atoms with Crippen LogP contribution in [0, 0.1) is 0 Å². The molecule has 0 aliphatic heterocycles. The van der Waals surface area contributed by atoms with Crippen LogP contribution in [0.15, 0.2) is 35.1 Å². The summed E-state index contributed by atoms with van der Waals surface area (Å²) in [4.78, 5) is 16.1. The fraction of sp³-hybridized carbons (Fsp3) is 0.250. The van der Waals surface area contributed by atoms with Crippen molar-refractivity contribution in [3.05, 3.63) is 46.5 Å². The van der Waals surface area contributed by atoms with E-state index in [1.807, 2.05) is 25.1 Å². The first-order valence-electron chi connectivity index (χ1n) is 5.36. The Morgan fingerprint density at radius 1 is 1.47 bits per heavy atom. The number of benzene rings is 1. The van der Waals surface area contributed by atoms with Gasteiger partial charge in [0, 0.05) is 16.6 Å². The van der Waals surface area contributed by atoms with Crippen molar-refractivity contribution in [3.8, 4) is 0 Å². The van der Waals surface area contributed by atoms with Crippen LogP contribution in [-0.4, -0.2) is 20.5 Å². The van der Waals surface area contributed by atoms with Crippen LogP contribution in [0.2, 0.25) is 0 Å². The summed E-state index contributed by atoms with van der Waals surface area (Å²) < 4.78 is 2.64. The maximum absolute atomic E-state index is 12.0. The Balaban J connectivity index is 2.17. The van der Waals surface area contributed by atoms with Crippen molar-refractivity contribution >= 4 is 21.7 Å². The number of hydrogen-bond donors (Lipinski definition) is 0. The molecule has 1 aromatic heterocycles. The van der Waals surface area contributed by atoms with Crippen LogP contribution in [0.25, 0.3) is 0 Å². The molecule has 0 atom stereocenters. The van der Waals surface area contributed by atoms with Gasteiger partial charge in [-0.05, 0) is 19.1 Å². The van der Waals surface area contributed by atoms with E-state index >= 15 is 0 Å². The molecule has 2 rings (SSSR count). The lowest BCUT2D eigenvalue weighted by Gasteiger charge is -2.03. The lowest BCUT2D eigenvalue weighted by Crippen LogP contribution is -2.10. The van der Waals surface area contributed by atoms with E-state index in [0.29, 0.717) is 11.4 Å². The smallest absolute Gasteiger partial charge is 0.170 e. The van der Waals surface area contributed by atoms with E-state index in [1.165, 1.54) is 6.33 Å². The van der Waals surface area contributed by atoms with Crippen molar-refractivity contribution in [2.24, 2.45) is 0 Å². The Hall–Kier alpha value is -1.49. The third kappa shape index (κ3) is 2.79. The second kappa shape index (κ2) is 5.23. The Labute approximate surface area is 108 Å². The highest BCUT2D eigenvalue weighted by molar-refractivity contribution is 9.10. The molecule has 0 unspecified atom stereocenters. The Morgan fingerprint density at radius 2 is 2.29 bits per heavy atom. The molecule has 0 spiro atoms. The summed E-state index contributed by atoms with van der Waals surface area (Å²) in [6.07, 6.45) is 1.76. The molecule has 1 heterocycles. The molecule has 0 fully saturated rings. The largest absolute Gasteiger partial charge is 0.294 e. The molecule has 0 saturated heterocycles. The molecule has 0 saturated carbocycles. The van der Waals surface area contributed by atoms with Crippen molar-refractivity contribution in [1.29, 1.82) is 0 Å². The second-order valence-corrected chi connectivity index (χ2v) is 4.52. The average Bonchev–Trinajstić information content (AvgIpc) is 2.76. The number of halogens is 1. The first kappa shape index (κ1) is 12.0. The van der Waals surface area contributed by atoms with E-state index in [2.05, 4.69) is 26.0 Å². The highest BCUT2D eigenvalue weighted by Gasteiger charge is 2.11. The number of Topliss-reactive ketones (excluding diaryl/α,β-unsaturated/α-hetero) is 1. The molecular weight excluding hydrogens is 282 g/mol. The van der Waals surface area contributed by atoms with Gasteiger partial charge in [0.2, 0.25) is 0 Å². The molecule has 0 bridgehead atoms. The number of hydrogen-bond acceptors (Lipinski definition) is 3.